The maximum atomic E-state index is 13.5. The first-order valence-electron chi connectivity index (χ1n) is 6.00. The first kappa shape index (κ1) is 12.5. The summed E-state index contributed by atoms with van der Waals surface area (Å²) in [5, 5.41) is 11.4. The fraction of sp³-hybridized carbons (Fsp3) is 0.231. The highest BCUT2D eigenvalue weighted by atomic mass is 19.1. The lowest BCUT2D eigenvalue weighted by atomic mass is 10.1. The molecule has 7 heteroatoms. The Morgan fingerprint density at radius 1 is 1.15 bits per heavy atom. The van der Waals surface area contributed by atoms with Crippen molar-refractivity contribution in [3.8, 4) is 11.5 Å². The van der Waals surface area contributed by atoms with Gasteiger partial charge in [-0.1, -0.05) is 11.2 Å². The van der Waals surface area contributed by atoms with Gasteiger partial charge in [0.2, 0.25) is 17.7 Å². The van der Waals surface area contributed by atoms with Gasteiger partial charge >= 0.3 is 0 Å². The van der Waals surface area contributed by atoms with Gasteiger partial charge in [0.15, 0.2) is 5.82 Å². The lowest BCUT2D eigenvalue weighted by molar-refractivity contribution is 0.370. The summed E-state index contributed by atoms with van der Waals surface area (Å²) in [6.07, 6.45) is 0.252. The topological polar surface area (TPSA) is 77.8 Å². The molecule has 1 aromatic carbocycles. The largest absolute Gasteiger partial charge is 0.420 e. The van der Waals surface area contributed by atoms with Crippen LogP contribution in [0.3, 0.4) is 0 Å². The molecule has 0 fully saturated rings. The molecular weight excluding hydrogens is 263 g/mol. The molecule has 0 atom stereocenters. The number of aryl methyl sites for hydroxylation is 2. The molecule has 0 spiro atoms. The Morgan fingerprint density at radius 2 is 2.00 bits per heavy atom. The molecule has 0 N–H and O–H groups in total. The number of aromatic nitrogens is 4. The summed E-state index contributed by atoms with van der Waals surface area (Å²) in [6.45, 7) is 3.41. The van der Waals surface area contributed by atoms with Crippen LogP contribution in [0.5, 0.6) is 0 Å². The highest BCUT2D eigenvalue weighted by Gasteiger charge is 2.13. The average Bonchev–Trinajstić information content (AvgIpc) is 3.03. The normalized spacial score (nSPS) is 10.9. The first-order chi connectivity index (χ1) is 9.61. The molecule has 0 aliphatic carbocycles. The molecule has 0 saturated heterocycles. The zero-order valence-electron chi connectivity index (χ0n) is 10.9. The van der Waals surface area contributed by atoms with Gasteiger partial charge in [-0.15, -0.1) is 10.2 Å². The average molecular weight is 274 g/mol. The molecule has 0 bridgehead atoms. The second-order valence-corrected chi connectivity index (χ2v) is 4.38. The van der Waals surface area contributed by atoms with E-state index in [1.54, 1.807) is 26.0 Å². The van der Waals surface area contributed by atoms with E-state index in [4.69, 9.17) is 8.94 Å². The summed E-state index contributed by atoms with van der Waals surface area (Å²) in [5.41, 5.74) is 1.10. The molecular formula is C13H11FN4O2. The predicted molar refractivity (Wildman–Crippen MR) is 66.3 cm³/mol. The van der Waals surface area contributed by atoms with Gasteiger partial charge in [-0.05, 0) is 31.5 Å². The van der Waals surface area contributed by atoms with E-state index in [2.05, 4.69) is 20.3 Å². The van der Waals surface area contributed by atoms with Crippen molar-refractivity contribution >= 4 is 0 Å². The highest BCUT2D eigenvalue weighted by molar-refractivity contribution is 5.53. The molecule has 0 saturated carbocycles. The van der Waals surface area contributed by atoms with Gasteiger partial charge in [0.05, 0.1) is 0 Å². The van der Waals surface area contributed by atoms with Gasteiger partial charge in [-0.2, -0.15) is 4.98 Å². The van der Waals surface area contributed by atoms with Crippen molar-refractivity contribution in [3.63, 3.8) is 0 Å². The van der Waals surface area contributed by atoms with Crippen LogP contribution in [0, 0.1) is 19.7 Å². The quantitative estimate of drug-likeness (QED) is 0.730. The van der Waals surface area contributed by atoms with Gasteiger partial charge < -0.3 is 8.94 Å². The van der Waals surface area contributed by atoms with Crippen molar-refractivity contribution in [1.82, 2.24) is 20.3 Å². The molecule has 102 valence electrons. The number of halogens is 1. The van der Waals surface area contributed by atoms with Crippen LogP contribution >= 0.6 is 0 Å². The third-order valence-electron chi connectivity index (χ3n) is 2.76. The summed E-state index contributed by atoms with van der Waals surface area (Å²) in [6, 6.07) is 4.76. The fourth-order valence-electron chi connectivity index (χ4n) is 1.71. The molecule has 0 radical (unpaired) electrons. The first-order valence-corrected chi connectivity index (χ1v) is 6.00. The van der Waals surface area contributed by atoms with E-state index in [1.807, 2.05) is 0 Å². The Hall–Kier alpha value is -2.57. The molecule has 0 amide bonds. The Labute approximate surface area is 113 Å². The number of benzene rings is 1. The Balaban J connectivity index is 1.84. The minimum atomic E-state index is -0.310. The van der Waals surface area contributed by atoms with Crippen molar-refractivity contribution in [2.75, 3.05) is 0 Å². The second kappa shape index (κ2) is 4.84. The van der Waals surface area contributed by atoms with Gasteiger partial charge in [-0.3, -0.25) is 0 Å². The number of nitrogens with zero attached hydrogens (tertiary/aromatic N) is 4. The van der Waals surface area contributed by atoms with E-state index in [9.17, 15) is 4.39 Å². The van der Waals surface area contributed by atoms with Crippen LogP contribution in [-0.2, 0) is 6.42 Å². The van der Waals surface area contributed by atoms with Crippen molar-refractivity contribution < 1.29 is 13.3 Å². The van der Waals surface area contributed by atoms with E-state index >= 15 is 0 Å². The van der Waals surface area contributed by atoms with Crippen LogP contribution in [0.15, 0.2) is 27.1 Å². The third kappa shape index (κ3) is 2.42. The van der Waals surface area contributed by atoms with E-state index in [0.29, 0.717) is 28.7 Å². The maximum absolute atomic E-state index is 13.5. The number of hydrogen-bond donors (Lipinski definition) is 0. The third-order valence-corrected chi connectivity index (χ3v) is 2.76. The van der Waals surface area contributed by atoms with Crippen molar-refractivity contribution in [1.29, 1.82) is 0 Å². The Bertz CT molecular complexity index is 750. The monoisotopic (exact) mass is 274 g/mol. The van der Waals surface area contributed by atoms with Crippen LogP contribution in [0.1, 0.15) is 23.2 Å². The maximum Gasteiger partial charge on any atom is 0.247 e. The minimum Gasteiger partial charge on any atom is -0.420 e. The Morgan fingerprint density at radius 3 is 2.70 bits per heavy atom. The van der Waals surface area contributed by atoms with E-state index < -0.39 is 0 Å². The fourth-order valence-corrected chi connectivity index (χ4v) is 1.71. The van der Waals surface area contributed by atoms with Crippen LogP contribution in [-0.4, -0.2) is 20.3 Å². The smallest absolute Gasteiger partial charge is 0.247 e. The predicted octanol–water partition coefficient (Wildman–Crippen LogP) is 2.47. The standard InChI is InChI=1S/C13H11FN4O2/c1-7-3-4-9(5-10(7)14)13-17-16-12(19-13)6-11-15-8(2)18-20-11/h3-5H,6H2,1-2H3. The molecule has 20 heavy (non-hydrogen) atoms. The van der Waals surface area contributed by atoms with Crippen LogP contribution in [0.2, 0.25) is 0 Å². The summed E-state index contributed by atoms with van der Waals surface area (Å²) in [5.74, 6) is 1.22. The van der Waals surface area contributed by atoms with E-state index in [0.717, 1.165) is 0 Å². The van der Waals surface area contributed by atoms with E-state index in [-0.39, 0.29) is 18.1 Å². The zero-order chi connectivity index (χ0) is 14.1. The number of hydrogen-bond acceptors (Lipinski definition) is 6. The molecule has 3 aromatic rings. The zero-order valence-corrected chi connectivity index (χ0v) is 10.9. The summed E-state index contributed by atoms with van der Waals surface area (Å²) < 4.78 is 23.9. The summed E-state index contributed by atoms with van der Waals surface area (Å²) in [4.78, 5) is 4.05. The van der Waals surface area contributed by atoms with E-state index in [1.165, 1.54) is 6.07 Å². The van der Waals surface area contributed by atoms with Gasteiger partial charge in [0.25, 0.3) is 0 Å². The molecule has 0 aliphatic heterocycles. The van der Waals surface area contributed by atoms with Crippen LogP contribution in [0.4, 0.5) is 4.39 Å². The minimum absolute atomic E-state index is 0.252. The number of rotatable bonds is 3. The second-order valence-electron chi connectivity index (χ2n) is 4.38. The molecule has 2 heterocycles. The summed E-state index contributed by atoms with van der Waals surface area (Å²) in [7, 11) is 0. The highest BCUT2D eigenvalue weighted by Crippen LogP contribution is 2.21. The Kier molecular flexibility index (Phi) is 3.02. The van der Waals surface area contributed by atoms with Crippen LogP contribution in [0.25, 0.3) is 11.5 Å². The lowest BCUT2D eigenvalue weighted by Gasteiger charge is -1.97. The molecule has 2 aromatic heterocycles. The van der Waals surface area contributed by atoms with Crippen molar-refractivity contribution in [3.05, 3.63) is 47.2 Å². The lowest BCUT2D eigenvalue weighted by Crippen LogP contribution is -1.88. The molecule has 0 unspecified atom stereocenters. The van der Waals surface area contributed by atoms with Crippen molar-refractivity contribution in [2.24, 2.45) is 0 Å². The summed E-state index contributed by atoms with van der Waals surface area (Å²) >= 11 is 0. The molecule has 0 aliphatic rings. The van der Waals surface area contributed by atoms with Crippen molar-refractivity contribution in [2.45, 2.75) is 20.3 Å². The molecule has 6 nitrogen and oxygen atoms in total. The SMILES string of the molecule is Cc1noc(Cc2nnc(-c3ccc(C)c(F)c3)o2)n1. The molecule has 3 rings (SSSR count). The van der Waals surface area contributed by atoms with Gasteiger partial charge in [-0.25, -0.2) is 4.39 Å². The van der Waals surface area contributed by atoms with Gasteiger partial charge in [0.1, 0.15) is 12.2 Å². The van der Waals surface area contributed by atoms with Crippen LogP contribution < -0.4 is 0 Å². The van der Waals surface area contributed by atoms with Gasteiger partial charge in [0, 0.05) is 5.56 Å².